The van der Waals surface area contributed by atoms with E-state index in [1.165, 1.54) is 44.4 Å². The van der Waals surface area contributed by atoms with Crippen LogP contribution in [0.5, 0.6) is 0 Å². The Hall–Kier alpha value is -4.88. The van der Waals surface area contributed by atoms with E-state index in [-0.39, 0.29) is 17.5 Å². The fourth-order valence-corrected chi connectivity index (χ4v) is 4.03. The first-order valence-electron chi connectivity index (χ1n) is 11.5. The van der Waals surface area contributed by atoms with Crippen LogP contribution in [-0.4, -0.2) is 50.8 Å². The summed E-state index contributed by atoms with van der Waals surface area (Å²) in [6.07, 6.45) is 1.67. The lowest BCUT2D eigenvalue weighted by atomic mass is 10.1. The third kappa shape index (κ3) is 5.54. The average molecular weight is 545 g/mol. The molecule has 2 heterocycles. The Morgan fingerprint density at radius 3 is 2.62 bits per heavy atom. The lowest BCUT2D eigenvalue weighted by molar-refractivity contribution is -0.145. The second-order valence-corrected chi connectivity index (χ2v) is 8.60. The number of aromatic carboxylic acids is 1. The number of nitrogens with one attached hydrogen (secondary N) is 3. The van der Waals surface area contributed by atoms with Crippen molar-refractivity contribution in [3.8, 4) is 0 Å². The van der Waals surface area contributed by atoms with Crippen LogP contribution in [0.25, 0.3) is 10.9 Å². The van der Waals surface area contributed by atoms with Gasteiger partial charge in [0.25, 0.3) is 5.91 Å². The monoisotopic (exact) mass is 545 g/mol. The molecule has 14 heteroatoms. The summed E-state index contributed by atoms with van der Waals surface area (Å²) in [6.45, 7) is 1.27. The number of carboxylic acid groups (broad SMARTS) is 1. The van der Waals surface area contributed by atoms with E-state index in [0.717, 1.165) is 12.4 Å². The number of methoxy groups -OCH3 is 1. The highest BCUT2D eigenvalue weighted by atomic mass is 19.4. The number of H-pyrrole nitrogens is 1. The summed E-state index contributed by atoms with van der Waals surface area (Å²) in [5, 5.41) is 17.6. The third-order valence-electron chi connectivity index (χ3n) is 6.02. The smallest absolute Gasteiger partial charge is 0.433 e. The molecule has 0 saturated heterocycles. The van der Waals surface area contributed by atoms with Gasteiger partial charge < -0.3 is 25.5 Å². The summed E-state index contributed by atoms with van der Waals surface area (Å²) in [5.41, 5.74) is -2.85. The van der Waals surface area contributed by atoms with Crippen LogP contribution in [0.15, 0.2) is 59.4 Å². The minimum absolute atomic E-state index is 0.00384. The fourth-order valence-electron chi connectivity index (χ4n) is 4.03. The minimum Gasteiger partial charge on any atom is -0.497 e. The first-order chi connectivity index (χ1) is 18.4. The number of ether oxygens (including phenoxy) is 1. The number of nitrogens with zero attached hydrogens (tertiary/aromatic N) is 2. The van der Waals surface area contributed by atoms with E-state index in [1.54, 1.807) is 6.08 Å². The molecule has 39 heavy (non-hydrogen) atoms. The molecule has 0 fully saturated rings. The summed E-state index contributed by atoms with van der Waals surface area (Å²) in [4.78, 5) is 51.8. The fraction of sp³-hybridized carbons (Fsp3) is 0.240. The predicted molar refractivity (Wildman–Crippen MR) is 132 cm³/mol. The molecule has 1 unspecified atom stereocenters. The maximum Gasteiger partial charge on any atom is 0.433 e. The van der Waals surface area contributed by atoms with E-state index in [4.69, 9.17) is 9.84 Å². The van der Waals surface area contributed by atoms with Gasteiger partial charge >= 0.3 is 12.1 Å². The van der Waals surface area contributed by atoms with Gasteiger partial charge in [0.05, 0.1) is 24.9 Å². The van der Waals surface area contributed by atoms with Crippen LogP contribution in [0.2, 0.25) is 0 Å². The minimum atomic E-state index is -4.92. The van der Waals surface area contributed by atoms with Gasteiger partial charge in [-0.05, 0) is 43.7 Å². The van der Waals surface area contributed by atoms with Crippen molar-refractivity contribution in [1.29, 1.82) is 0 Å². The summed E-state index contributed by atoms with van der Waals surface area (Å²) in [5.74, 6) is -2.89. The highest BCUT2D eigenvalue weighted by Crippen LogP contribution is 2.35. The standard InChI is InChI=1S/C25H22F3N5O6/c1-12(22(35)32-13-3-8-19-16(9-13)20(34)17(10-29-19)24(37)38)31-23(36)18-11-30-33(21(18)25(26,27)28)14-4-6-15(39-2)7-5-14/h3-4,6-12,14H,5H2,1-2H3,(H,29,34)(H,31,36)(H,32,35)(H,37,38)/t12-,14?/m0/s1. The molecular formula is C25H22F3N5O6. The van der Waals surface area contributed by atoms with E-state index in [2.05, 4.69) is 20.7 Å². The molecule has 4 rings (SSSR count). The molecule has 1 aromatic carbocycles. The Morgan fingerprint density at radius 2 is 2.00 bits per heavy atom. The number of allylic oxidation sites excluding steroid dienone is 3. The number of aromatic nitrogens is 3. The molecule has 0 aliphatic heterocycles. The van der Waals surface area contributed by atoms with Crippen LogP contribution in [0.4, 0.5) is 18.9 Å². The summed E-state index contributed by atoms with van der Waals surface area (Å²) in [7, 11) is 1.43. The molecule has 2 aromatic heterocycles. The van der Waals surface area contributed by atoms with Crippen LogP contribution in [0.3, 0.4) is 0 Å². The largest absolute Gasteiger partial charge is 0.497 e. The van der Waals surface area contributed by atoms with Crippen LogP contribution in [0, 0.1) is 0 Å². The molecule has 2 amide bonds. The van der Waals surface area contributed by atoms with E-state index < -0.39 is 58.3 Å². The molecule has 1 aliphatic rings. The Bertz CT molecular complexity index is 1590. The highest BCUT2D eigenvalue weighted by molar-refractivity contribution is 6.02. The van der Waals surface area contributed by atoms with Crippen molar-refractivity contribution < 1.29 is 37.4 Å². The summed E-state index contributed by atoms with van der Waals surface area (Å²) < 4.78 is 47.7. The number of fused-ring (bicyclic) bond motifs is 1. The number of anilines is 1. The Morgan fingerprint density at radius 1 is 1.26 bits per heavy atom. The number of aromatic amines is 1. The molecule has 11 nitrogen and oxygen atoms in total. The molecule has 1 aliphatic carbocycles. The number of pyridine rings is 1. The number of carbonyl (C=O) groups is 3. The summed E-state index contributed by atoms with van der Waals surface area (Å²) in [6, 6.07) is 2.02. The number of hydrogen-bond donors (Lipinski definition) is 4. The van der Waals surface area contributed by atoms with Gasteiger partial charge in [0, 0.05) is 22.8 Å². The number of halogens is 3. The maximum absolute atomic E-state index is 14.0. The molecule has 0 saturated carbocycles. The Kier molecular flexibility index (Phi) is 7.29. The lowest BCUT2D eigenvalue weighted by Crippen LogP contribution is -2.42. The van der Waals surface area contributed by atoms with Gasteiger partial charge in [-0.25, -0.2) is 4.79 Å². The molecule has 0 radical (unpaired) electrons. The van der Waals surface area contributed by atoms with Gasteiger partial charge in [0.1, 0.15) is 17.4 Å². The normalized spacial score (nSPS) is 15.9. The second-order valence-electron chi connectivity index (χ2n) is 8.60. The van der Waals surface area contributed by atoms with Crippen LogP contribution >= 0.6 is 0 Å². The van der Waals surface area contributed by atoms with E-state index in [9.17, 15) is 32.3 Å². The first kappa shape index (κ1) is 27.2. The zero-order valence-corrected chi connectivity index (χ0v) is 20.5. The van der Waals surface area contributed by atoms with Gasteiger partial charge in [-0.3, -0.25) is 19.1 Å². The van der Waals surface area contributed by atoms with Crippen LogP contribution in [-0.2, 0) is 15.7 Å². The van der Waals surface area contributed by atoms with Crippen molar-refractivity contribution in [2.75, 3.05) is 12.4 Å². The lowest BCUT2D eigenvalue weighted by Gasteiger charge is -2.21. The first-order valence-corrected chi connectivity index (χ1v) is 11.5. The number of carbonyl (C=O) groups excluding carboxylic acids is 2. The second kappa shape index (κ2) is 10.5. The predicted octanol–water partition coefficient (Wildman–Crippen LogP) is 3.23. The van der Waals surface area contributed by atoms with Gasteiger partial charge in [-0.2, -0.15) is 18.3 Å². The number of alkyl halides is 3. The van der Waals surface area contributed by atoms with Crippen LogP contribution < -0.4 is 16.1 Å². The van der Waals surface area contributed by atoms with Crippen molar-refractivity contribution >= 4 is 34.4 Å². The van der Waals surface area contributed by atoms with E-state index >= 15 is 0 Å². The molecular weight excluding hydrogens is 523 g/mol. The zero-order chi connectivity index (χ0) is 28.5. The number of benzene rings is 1. The van der Waals surface area contributed by atoms with Crippen molar-refractivity contribution in [3.05, 3.63) is 81.6 Å². The maximum atomic E-state index is 14.0. The number of carboxylic acids is 1. The number of hydrogen-bond acceptors (Lipinski definition) is 6. The number of rotatable bonds is 7. The molecule has 2 atom stereocenters. The molecule has 0 bridgehead atoms. The molecule has 204 valence electrons. The van der Waals surface area contributed by atoms with Gasteiger partial charge in [-0.1, -0.05) is 6.08 Å². The highest BCUT2D eigenvalue weighted by Gasteiger charge is 2.41. The van der Waals surface area contributed by atoms with Crippen LogP contribution in [0.1, 0.15) is 45.8 Å². The van der Waals surface area contributed by atoms with Crippen molar-refractivity contribution in [2.45, 2.75) is 31.6 Å². The molecule has 4 N–H and O–H groups in total. The third-order valence-corrected chi connectivity index (χ3v) is 6.02. The van der Waals surface area contributed by atoms with Gasteiger partial charge in [0.2, 0.25) is 11.3 Å². The Balaban J connectivity index is 1.52. The van der Waals surface area contributed by atoms with Crippen molar-refractivity contribution in [2.24, 2.45) is 0 Å². The van der Waals surface area contributed by atoms with Gasteiger partial charge in [-0.15, -0.1) is 0 Å². The average Bonchev–Trinajstić information content (AvgIpc) is 3.35. The topological polar surface area (TPSA) is 155 Å². The van der Waals surface area contributed by atoms with E-state index in [1.807, 2.05) is 0 Å². The zero-order valence-electron chi connectivity index (χ0n) is 20.5. The number of amides is 2. The molecule has 3 aromatic rings. The van der Waals surface area contributed by atoms with E-state index in [0.29, 0.717) is 16.0 Å². The van der Waals surface area contributed by atoms with Crippen molar-refractivity contribution in [1.82, 2.24) is 20.1 Å². The van der Waals surface area contributed by atoms with Gasteiger partial charge in [0.15, 0.2) is 5.69 Å². The SMILES string of the molecule is COC1=CCC(n2ncc(C(=O)N[C@@H](C)C(=O)Nc3ccc4[nH]cc(C(=O)O)c(=O)c4c3)c2C(F)(F)F)C=C1. The van der Waals surface area contributed by atoms with Crippen molar-refractivity contribution in [3.63, 3.8) is 0 Å². The molecule has 0 spiro atoms. The Labute approximate surface area is 218 Å². The summed E-state index contributed by atoms with van der Waals surface area (Å²) >= 11 is 0. The quantitative estimate of drug-likeness (QED) is 0.355.